The van der Waals surface area contributed by atoms with E-state index in [1.54, 1.807) is 0 Å². The van der Waals surface area contributed by atoms with E-state index in [0.717, 1.165) is 6.42 Å². The Balaban J connectivity index is 2.44. The summed E-state index contributed by atoms with van der Waals surface area (Å²) >= 11 is 0. The van der Waals surface area contributed by atoms with Crippen LogP contribution in [0.5, 0.6) is 0 Å². The van der Waals surface area contributed by atoms with E-state index in [-0.39, 0.29) is 12.1 Å². The van der Waals surface area contributed by atoms with E-state index in [1.165, 1.54) is 11.1 Å². The molecule has 0 saturated carbocycles. The van der Waals surface area contributed by atoms with Gasteiger partial charge in [0.05, 0.1) is 6.10 Å². The quantitative estimate of drug-likeness (QED) is 0.726. The lowest BCUT2D eigenvalue weighted by Crippen LogP contribution is -2.11. The summed E-state index contributed by atoms with van der Waals surface area (Å²) in [7, 11) is 0. The minimum atomic E-state index is -0.118. The average molecular weight is 234 g/mol. The lowest BCUT2D eigenvalue weighted by molar-refractivity contribution is -0.147. The monoisotopic (exact) mass is 234 g/mol. The molecule has 0 amide bonds. The maximum atomic E-state index is 11.4. The van der Waals surface area contributed by atoms with Crippen LogP contribution in [-0.4, -0.2) is 12.1 Å². The molecule has 0 fully saturated rings. The van der Waals surface area contributed by atoms with E-state index in [2.05, 4.69) is 38.1 Å². The van der Waals surface area contributed by atoms with Gasteiger partial charge in [-0.05, 0) is 37.3 Å². The maximum absolute atomic E-state index is 11.4. The zero-order valence-electron chi connectivity index (χ0n) is 11.2. The highest BCUT2D eigenvalue weighted by Crippen LogP contribution is 2.15. The van der Waals surface area contributed by atoms with Crippen molar-refractivity contribution in [1.29, 1.82) is 0 Å². The number of hydrogen-bond donors (Lipinski definition) is 0. The van der Waals surface area contributed by atoms with Gasteiger partial charge < -0.3 is 4.74 Å². The molecular formula is C15H22O2. The molecule has 0 unspecified atom stereocenters. The van der Waals surface area contributed by atoms with Crippen molar-refractivity contribution in [3.63, 3.8) is 0 Å². The molecule has 2 nitrogen and oxygen atoms in total. The molecule has 0 aliphatic rings. The van der Waals surface area contributed by atoms with Crippen LogP contribution in [0.4, 0.5) is 0 Å². The second kappa shape index (κ2) is 6.43. The van der Waals surface area contributed by atoms with E-state index in [9.17, 15) is 4.79 Å². The minimum absolute atomic E-state index is 0.0224. The van der Waals surface area contributed by atoms with Crippen LogP contribution < -0.4 is 0 Å². The molecule has 0 atom stereocenters. The zero-order chi connectivity index (χ0) is 12.8. The van der Waals surface area contributed by atoms with Crippen LogP contribution in [0.3, 0.4) is 0 Å². The summed E-state index contributed by atoms with van der Waals surface area (Å²) in [6.07, 6.45) is 1.19. The van der Waals surface area contributed by atoms with Crippen molar-refractivity contribution < 1.29 is 9.53 Å². The maximum Gasteiger partial charge on any atom is 0.306 e. The normalized spacial score (nSPS) is 10.9. The predicted molar refractivity (Wildman–Crippen MR) is 70.1 cm³/mol. The minimum Gasteiger partial charge on any atom is -0.463 e. The second-order valence-corrected chi connectivity index (χ2v) is 4.93. The average Bonchev–Trinajstić information content (AvgIpc) is 2.26. The van der Waals surface area contributed by atoms with Crippen LogP contribution in [0.2, 0.25) is 0 Å². The summed E-state index contributed by atoms with van der Waals surface area (Å²) in [5.74, 6) is 0.433. The fourth-order valence-electron chi connectivity index (χ4n) is 1.64. The van der Waals surface area contributed by atoms with Crippen molar-refractivity contribution >= 4 is 5.97 Å². The molecule has 1 aromatic rings. The van der Waals surface area contributed by atoms with Crippen molar-refractivity contribution in [2.75, 3.05) is 0 Å². The molecule has 0 radical (unpaired) electrons. The molecule has 2 heteroatoms. The molecule has 0 aliphatic carbocycles. The van der Waals surface area contributed by atoms with Crippen LogP contribution >= 0.6 is 0 Å². The van der Waals surface area contributed by atoms with Crippen molar-refractivity contribution in [3.8, 4) is 0 Å². The molecule has 0 saturated heterocycles. The molecule has 17 heavy (non-hydrogen) atoms. The predicted octanol–water partition coefficient (Wildman–Crippen LogP) is 3.69. The molecule has 0 aliphatic heterocycles. The van der Waals surface area contributed by atoms with Crippen LogP contribution in [0, 0.1) is 0 Å². The van der Waals surface area contributed by atoms with Crippen LogP contribution in [0.25, 0.3) is 0 Å². The van der Waals surface area contributed by atoms with Gasteiger partial charge in [-0.3, -0.25) is 4.79 Å². The summed E-state index contributed by atoms with van der Waals surface area (Å²) in [6.45, 7) is 8.09. The molecular weight excluding hydrogens is 212 g/mol. The Morgan fingerprint density at radius 1 is 1.12 bits per heavy atom. The Bertz CT molecular complexity index is 350. The Morgan fingerprint density at radius 3 is 2.18 bits per heavy atom. The van der Waals surface area contributed by atoms with Crippen LogP contribution in [0.15, 0.2) is 24.3 Å². The fourth-order valence-corrected chi connectivity index (χ4v) is 1.64. The number of benzene rings is 1. The van der Waals surface area contributed by atoms with E-state index in [4.69, 9.17) is 4.74 Å². The summed E-state index contributed by atoms with van der Waals surface area (Å²) in [6, 6.07) is 8.46. The fraction of sp³-hybridized carbons (Fsp3) is 0.533. The van der Waals surface area contributed by atoms with Gasteiger partial charge in [-0.2, -0.15) is 0 Å². The van der Waals surface area contributed by atoms with Gasteiger partial charge in [0.15, 0.2) is 0 Å². The number of aryl methyl sites for hydroxylation is 1. The number of ether oxygens (including phenoxy) is 1. The van der Waals surface area contributed by atoms with Gasteiger partial charge in [-0.1, -0.05) is 38.1 Å². The number of rotatable bonds is 5. The molecule has 0 bridgehead atoms. The van der Waals surface area contributed by atoms with Gasteiger partial charge in [0.25, 0.3) is 0 Å². The lowest BCUT2D eigenvalue weighted by atomic mass is 10.0. The van der Waals surface area contributed by atoms with E-state index >= 15 is 0 Å². The molecule has 1 aromatic carbocycles. The molecule has 0 N–H and O–H groups in total. The second-order valence-electron chi connectivity index (χ2n) is 4.93. The molecule has 94 valence electrons. The lowest BCUT2D eigenvalue weighted by Gasteiger charge is -2.09. The third-order valence-electron chi connectivity index (χ3n) is 2.63. The third kappa shape index (κ3) is 5.03. The molecule has 0 heterocycles. The highest BCUT2D eigenvalue weighted by atomic mass is 16.5. The zero-order valence-corrected chi connectivity index (χ0v) is 11.2. The summed E-state index contributed by atoms with van der Waals surface area (Å²) in [5, 5.41) is 0. The van der Waals surface area contributed by atoms with Gasteiger partial charge in [0.1, 0.15) is 0 Å². The number of carbonyl (C=O) groups is 1. The first kappa shape index (κ1) is 13.8. The van der Waals surface area contributed by atoms with Crippen molar-refractivity contribution in [3.05, 3.63) is 35.4 Å². The smallest absolute Gasteiger partial charge is 0.306 e. The first-order valence-electron chi connectivity index (χ1n) is 6.27. The van der Waals surface area contributed by atoms with E-state index in [0.29, 0.717) is 12.3 Å². The highest BCUT2D eigenvalue weighted by Gasteiger charge is 2.06. The van der Waals surface area contributed by atoms with Crippen molar-refractivity contribution in [2.24, 2.45) is 0 Å². The standard InChI is InChI=1S/C15H22O2/c1-11(2)14-8-5-13(6-9-14)7-10-15(16)17-12(3)4/h5-6,8-9,11-12H,7,10H2,1-4H3. The summed E-state index contributed by atoms with van der Waals surface area (Å²) in [4.78, 5) is 11.4. The summed E-state index contributed by atoms with van der Waals surface area (Å²) < 4.78 is 5.09. The topological polar surface area (TPSA) is 26.3 Å². The number of carbonyl (C=O) groups excluding carboxylic acids is 1. The Labute approximate surface area is 104 Å². The molecule has 0 spiro atoms. The van der Waals surface area contributed by atoms with E-state index in [1.807, 2.05) is 13.8 Å². The van der Waals surface area contributed by atoms with Gasteiger partial charge in [0.2, 0.25) is 0 Å². The SMILES string of the molecule is CC(C)OC(=O)CCc1ccc(C(C)C)cc1. The third-order valence-corrected chi connectivity index (χ3v) is 2.63. The first-order chi connectivity index (χ1) is 7.99. The Hall–Kier alpha value is -1.31. The van der Waals surface area contributed by atoms with Crippen LogP contribution in [-0.2, 0) is 16.0 Å². The largest absolute Gasteiger partial charge is 0.463 e. The molecule has 0 aromatic heterocycles. The Morgan fingerprint density at radius 2 is 1.71 bits per heavy atom. The number of esters is 1. The van der Waals surface area contributed by atoms with Gasteiger partial charge in [0, 0.05) is 6.42 Å². The number of hydrogen-bond acceptors (Lipinski definition) is 2. The first-order valence-corrected chi connectivity index (χ1v) is 6.27. The van der Waals surface area contributed by atoms with Gasteiger partial charge in [-0.25, -0.2) is 0 Å². The van der Waals surface area contributed by atoms with Gasteiger partial charge >= 0.3 is 5.97 Å². The van der Waals surface area contributed by atoms with E-state index < -0.39 is 0 Å². The van der Waals surface area contributed by atoms with Crippen molar-refractivity contribution in [2.45, 2.75) is 52.6 Å². The van der Waals surface area contributed by atoms with Crippen LogP contribution in [0.1, 0.15) is 51.2 Å². The van der Waals surface area contributed by atoms with Gasteiger partial charge in [-0.15, -0.1) is 0 Å². The van der Waals surface area contributed by atoms with Crippen molar-refractivity contribution in [1.82, 2.24) is 0 Å². The highest BCUT2D eigenvalue weighted by molar-refractivity contribution is 5.69. The summed E-state index contributed by atoms with van der Waals surface area (Å²) in [5.41, 5.74) is 2.52. The molecule has 1 rings (SSSR count). The Kier molecular flexibility index (Phi) is 5.20.